The van der Waals surface area contributed by atoms with E-state index in [4.69, 9.17) is 0 Å². The van der Waals surface area contributed by atoms with Gasteiger partial charge in [0.25, 0.3) is 0 Å². The van der Waals surface area contributed by atoms with Crippen LogP contribution in [-0.4, -0.2) is 42.9 Å². The van der Waals surface area contributed by atoms with Gasteiger partial charge in [0.15, 0.2) is 0 Å². The maximum atomic E-state index is 13.6. The number of nitrogens with zero attached hydrogens (tertiary/aromatic N) is 1. The summed E-state index contributed by atoms with van der Waals surface area (Å²) in [5.74, 6) is 1.51. The molecule has 0 amide bonds. The molecular formula is C16H30FN2+. The minimum absolute atomic E-state index is 0.515. The molecule has 1 aliphatic carbocycles. The van der Waals surface area contributed by atoms with E-state index in [0.29, 0.717) is 5.92 Å². The Balaban J connectivity index is 1.60. The van der Waals surface area contributed by atoms with Gasteiger partial charge in [-0.3, -0.25) is 0 Å². The van der Waals surface area contributed by atoms with E-state index in [2.05, 4.69) is 18.7 Å². The number of halogens is 1. The van der Waals surface area contributed by atoms with Gasteiger partial charge in [-0.2, -0.15) is 0 Å². The number of fused-ring (bicyclic) bond motifs is 1. The predicted molar refractivity (Wildman–Crippen MR) is 75.9 cm³/mol. The van der Waals surface area contributed by atoms with E-state index in [9.17, 15) is 4.39 Å². The van der Waals surface area contributed by atoms with Crippen molar-refractivity contribution in [1.29, 1.82) is 0 Å². The molecule has 3 fully saturated rings. The van der Waals surface area contributed by atoms with Gasteiger partial charge in [0.05, 0.1) is 19.1 Å². The van der Waals surface area contributed by atoms with Crippen molar-refractivity contribution in [3.05, 3.63) is 0 Å². The molecule has 110 valence electrons. The van der Waals surface area contributed by atoms with Crippen LogP contribution in [0.25, 0.3) is 0 Å². The van der Waals surface area contributed by atoms with Crippen LogP contribution < -0.4 is 4.90 Å². The summed E-state index contributed by atoms with van der Waals surface area (Å²) >= 11 is 0. The number of hydrogen-bond donors (Lipinski definition) is 1. The fraction of sp³-hybridized carbons (Fsp3) is 1.00. The summed E-state index contributed by atoms with van der Waals surface area (Å²) in [7, 11) is 0. The standard InChI is InChI=1S/C16H29FN2/c1-12-6-7-16-18(9-12)10-13(2)19(16)11-14-4-3-5-15(17)8-14/h12-16H,3-11H2,1-2H3/p+1. The zero-order valence-corrected chi connectivity index (χ0v) is 12.6. The van der Waals surface area contributed by atoms with Gasteiger partial charge in [-0.25, -0.2) is 9.29 Å². The van der Waals surface area contributed by atoms with Crippen molar-refractivity contribution in [2.24, 2.45) is 11.8 Å². The first-order chi connectivity index (χ1) is 9.13. The van der Waals surface area contributed by atoms with Crippen LogP contribution in [0.5, 0.6) is 0 Å². The van der Waals surface area contributed by atoms with Crippen LogP contribution in [0.15, 0.2) is 0 Å². The van der Waals surface area contributed by atoms with Crippen molar-refractivity contribution in [3.8, 4) is 0 Å². The first-order valence-electron chi connectivity index (χ1n) is 8.37. The Labute approximate surface area is 117 Å². The fourth-order valence-electron chi connectivity index (χ4n) is 4.74. The van der Waals surface area contributed by atoms with Gasteiger partial charge in [-0.05, 0) is 38.5 Å². The third-order valence-electron chi connectivity index (χ3n) is 5.73. The average molecular weight is 269 g/mol. The molecule has 0 aromatic carbocycles. The van der Waals surface area contributed by atoms with Crippen molar-refractivity contribution < 1.29 is 9.29 Å². The van der Waals surface area contributed by atoms with Crippen molar-refractivity contribution in [3.63, 3.8) is 0 Å². The highest BCUT2D eigenvalue weighted by atomic mass is 19.1. The van der Waals surface area contributed by atoms with Gasteiger partial charge in [0.1, 0.15) is 12.3 Å². The lowest BCUT2D eigenvalue weighted by atomic mass is 9.87. The summed E-state index contributed by atoms with van der Waals surface area (Å²) in [5.41, 5.74) is 0. The van der Waals surface area contributed by atoms with Crippen molar-refractivity contribution in [2.45, 2.75) is 70.8 Å². The first kappa shape index (κ1) is 13.8. The molecular weight excluding hydrogens is 239 g/mol. The maximum absolute atomic E-state index is 13.6. The number of hydrogen-bond acceptors (Lipinski definition) is 1. The number of quaternary nitrogens is 1. The molecule has 3 heteroatoms. The minimum atomic E-state index is -0.515. The third-order valence-corrected chi connectivity index (χ3v) is 5.73. The Morgan fingerprint density at radius 3 is 2.74 bits per heavy atom. The summed E-state index contributed by atoms with van der Waals surface area (Å²) < 4.78 is 13.6. The molecule has 1 N–H and O–H groups in total. The third kappa shape index (κ3) is 2.97. The topological polar surface area (TPSA) is 7.68 Å². The first-order valence-corrected chi connectivity index (χ1v) is 8.37. The second kappa shape index (κ2) is 5.69. The van der Waals surface area contributed by atoms with Crippen LogP contribution in [0.2, 0.25) is 0 Å². The van der Waals surface area contributed by atoms with Crippen LogP contribution in [0.3, 0.4) is 0 Å². The predicted octanol–water partition coefficient (Wildman–Crippen LogP) is 1.86. The monoisotopic (exact) mass is 269 g/mol. The second-order valence-electron chi connectivity index (χ2n) is 7.46. The molecule has 0 spiro atoms. The quantitative estimate of drug-likeness (QED) is 0.804. The zero-order valence-electron chi connectivity index (χ0n) is 12.6. The fourth-order valence-corrected chi connectivity index (χ4v) is 4.74. The van der Waals surface area contributed by atoms with Crippen LogP contribution in [-0.2, 0) is 0 Å². The summed E-state index contributed by atoms with van der Waals surface area (Å²) in [6, 6.07) is 0.746. The molecule has 2 aliphatic heterocycles. The van der Waals surface area contributed by atoms with Crippen molar-refractivity contribution in [2.75, 3.05) is 19.6 Å². The molecule has 0 aromatic heterocycles. The van der Waals surface area contributed by atoms with E-state index in [1.807, 2.05) is 0 Å². The number of rotatable bonds is 2. The summed E-state index contributed by atoms with van der Waals surface area (Å²) in [4.78, 5) is 4.48. The van der Waals surface area contributed by atoms with E-state index in [0.717, 1.165) is 37.4 Å². The molecule has 19 heavy (non-hydrogen) atoms. The van der Waals surface area contributed by atoms with Crippen LogP contribution in [0.4, 0.5) is 4.39 Å². The Morgan fingerprint density at radius 1 is 1.11 bits per heavy atom. The summed E-state index contributed by atoms with van der Waals surface area (Å²) in [6.07, 6.45) is 6.98. The van der Waals surface area contributed by atoms with Gasteiger partial charge < -0.3 is 4.90 Å². The van der Waals surface area contributed by atoms with Crippen molar-refractivity contribution in [1.82, 2.24) is 4.90 Å². The Morgan fingerprint density at radius 2 is 1.95 bits per heavy atom. The Kier molecular flexibility index (Phi) is 4.14. The molecule has 6 atom stereocenters. The van der Waals surface area contributed by atoms with E-state index >= 15 is 0 Å². The molecule has 2 saturated heterocycles. The number of piperidine rings is 1. The molecule has 0 radical (unpaired) electrons. The lowest BCUT2D eigenvalue weighted by Gasteiger charge is -2.36. The minimum Gasteiger partial charge on any atom is -0.316 e. The molecule has 1 saturated carbocycles. The number of nitrogens with one attached hydrogen (secondary N) is 1. The molecule has 0 aromatic rings. The lowest BCUT2D eigenvalue weighted by molar-refractivity contribution is -0.943. The maximum Gasteiger partial charge on any atom is 0.144 e. The van der Waals surface area contributed by atoms with Gasteiger partial charge in [0.2, 0.25) is 0 Å². The average Bonchev–Trinajstić information content (AvgIpc) is 2.65. The molecule has 2 heterocycles. The van der Waals surface area contributed by atoms with Gasteiger partial charge in [-0.15, -0.1) is 0 Å². The van der Waals surface area contributed by atoms with Crippen LogP contribution in [0.1, 0.15) is 52.4 Å². The normalized spacial score (nSPS) is 48.2. The van der Waals surface area contributed by atoms with E-state index < -0.39 is 6.17 Å². The molecule has 0 bridgehead atoms. The highest BCUT2D eigenvalue weighted by molar-refractivity contribution is 4.81. The zero-order chi connectivity index (χ0) is 13.4. The second-order valence-corrected chi connectivity index (χ2v) is 7.46. The summed E-state index contributed by atoms with van der Waals surface area (Å²) in [5, 5.41) is 0. The van der Waals surface area contributed by atoms with Gasteiger partial charge in [0, 0.05) is 18.9 Å². The van der Waals surface area contributed by atoms with Gasteiger partial charge in [-0.1, -0.05) is 13.3 Å². The van der Waals surface area contributed by atoms with Crippen molar-refractivity contribution >= 4 is 0 Å². The van der Waals surface area contributed by atoms with E-state index in [1.54, 1.807) is 4.90 Å². The Bertz CT molecular complexity index is 309. The largest absolute Gasteiger partial charge is 0.316 e. The highest BCUT2D eigenvalue weighted by Gasteiger charge is 2.44. The molecule has 6 unspecified atom stereocenters. The van der Waals surface area contributed by atoms with Crippen LogP contribution >= 0.6 is 0 Å². The Hall–Kier alpha value is -0.150. The molecule has 3 aliphatic rings. The number of alkyl halides is 1. The SMILES string of the molecule is CC1CCC2N(C1)CC(C)[NH+]2CC1CCCC(F)C1. The molecule has 2 nitrogen and oxygen atoms in total. The van der Waals surface area contributed by atoms with E-state index in [-0.39, 0.29) is 0 Å². The van der Waals surface area contributed by atoms with Gasteiger partial charge >= 0.3 is 0 Å². The lowest BCUT2D eigenvalue weighted by Crippen LogP contribution is -3.18. The molecule has 3 rings (SSSR count). The van der Waals surface area contributed by atoms with E-state index in [1.165, 1.54) is 38.9 Å². The summed E-state index contributed by atoms with van der Waals surface area (Å²) in [6.45, 7) is 8.55. The smallest absolute Gasteiger partial charge is 0.144 e. The highest BCUT2D eigenvalue weighted by Crippen LogP contribution is 2.27. The van der Waals surface area contributed by atoms with Crippen LogP contribution in [0, 0.1) is 11.8 Å².